The van der Waals surface area contributed by atoms with Crippen LogP contribution in [0.25, 0.3) is 0 Å². The van der Waals surface area contributed by atoms with E-state index in [-0.39, 0.29) is 23.7 Å². The van der Waals surface area contributed by atoms with E-state index in [0.29, 0.717) is 16.5 Å². The quantitative estimate of drug-likeness (QED) is 0.819. The predicted molar refractivity (Wildman–Crippen MR) is 70.2 cm³/mol. The van der Waals surface area contributed by atoms with E-state index in [1.807, 2.05) is 6.92 Å². The van der Waals surface area contributed by atoms with Crippen molar-refractivity contribution in [2.24, 2.45) is 0 Å². The molecule has 1 aromatic rings. The number of carbonyl (C=O) groups is 1. The number of amides is 1. The molecule has 6 heteroatoms. The van der Waals surface area contributed by atoms with Crippen LogP contribution in [-0.2, 0) is 0 Å². The number of hydrogen-bond donors (Lipinski definition) is 2. The van der Waals surface area contributed by atoms with Crippen molar-refractivity contribution in [3.8, 4) is 0 Å². The Morgan fingerprint density at radius 1 is 1.71 bits per heavy atom. The van der Waals surface area contributed by atoms with E-state index < -0.39 is 0 Å². The number of nitrogens with zero attached hydrogens (tertiary/aromatic N) is 1. The molecule has 0 spiro atoms. The normalized spacial score (nSPS) is 12.2. The molecule has 1 rings (SSSR count). The molecular weight excluding hydrogens is 307 g/mol. The highest BCUT2D eigenvalue weighted by molar-refractivity contribution is 9.10. The van der Waals surface area contributed by atoms with E-state index in [4.69, 9.17) is 16.7 Å². The summed E-state index contributed by atoms with van der Waals surface area (Å²) in [6.07, 6.45) is 2.82. The topological polar surface area (TPSA) is 62.2 Å². The van der Waals surface area contributed by atoms with Gasteiger partial charge in [0.15, 0.2) is 0 Å². The molecular formula is C11H14BrClN2O2. The maximum atomic E-state index is 11.9. The average molecular weight is 322 g/mol. The molecule has 0 fully saturated rings. The summed E-state index contributed by atoms with van der Waals surface area (Å²) in [6.45, 7) is 1.99. The summed E-state index contributed by atoms with van der Waals surface area (Å²) in [4.78, 5) is 15.8. The minimum absolute atomic E-state index is 0.0449. The molecule has 4 nitrogen and oxygen atoms in total. The van der Waals surface area contributed by atoms with Crippen LogP contribution in [0.5, 0.6) is 0 Å². The molecule has 94 valence electrons. The van der Waals surface area contributed by atoms with Crippen molar-refractivity contribution in [3.05, 3.63) is 27.5 Å². The maximum Gasteiger partial charge on any atom is 0.254 e. The highest BCUT2D eigenvalue weighted by Crippen LogP contribution is 2.18. The number of hydrogen-bond acceptors (Lipinski definition) is 3. The van der Waals surface area contributed by atoms with Crippen molar-refractivity contribution in [3.63, 3.8) is 0 Å². The van der Waals surface area contributed by atoms with Gasteiger partial charge in [-0.2, -0.15) is 0 Å². The monoisotopic (exact) mass is 320 g/mol. The smallest absolute Gasteiger partial charge is 0.254 e. The van der Waals surface area contributed by atoms with Gasteiger partial charge in [0.2, 0.25) is 0 Å². The first-order chi connectivity index (χ1) is 8.08. The second kappa shape index (κ2) is 6.93. The Hall–Kier alpha value is -0.650. The average Bonchev–Trinajstić information content (AvgIpc) is 2.31. The summed E-state index contributed by atoms with van der Waals surface area (Å²) in [7, 11) is 0. The van der Waals surface area contributed by atoms with Crippen LogP contribution in [0, 0.1) is 0 Å². The lowest BCUT2D eigenvalue weighted by Gasteiger charge is -2.16. The van der Waals surface area contributed by atoms with E-state index in [0.717, 1.165) is 6.42 Å². The SMILES string of the molecule is CCC(CCO)NC(=O)c1cc(Br)cnc1Cl. The number of aliphatic hydroxyl groups is 1. The third-order valence-corrected chi connectivity index (χ3v) is 3.09. The van der Waals surface area contributed by atoms with Crippen molar-refractivity contribution < 1.29 is 9.90 Å². The van der Waals surface area contributed by atoms with E-state index in [9.17, 15) is 4.79 Å². The number of aliphatic hydroxyl groups excluding tert-OH is 1. The Morgan fingerprint density at radius 2 is 2.41 bits per heavy atom. The fourth-order valence-electron chi connectivity index (χ4n) is 1.38. The van der Waals surface area contributed by atoms with Crippen LogP contribution in [-0.4, -0.2) is 28.6 Å². The molecule has 0 aliphatic heterocycles. The van der Waals surface area contributed by atoms with E-state index in [2.05, 4.69) is 26.2 Å². The van der Waals surface area contributed by atoms with Gasteiger partial charge in [0.05, 0.1) is 5.56 Å². The first-order valence-corrected chi connectivity index (χ1v) is 6.48. The zero-order valence-corrected chi connectivity index (χ0v) is 11.8. The second-order valence-corrected chi connectivity index (χ2v) is 4.86. The highest BCUT2D eigenvalue weighted by Gasteiger charge is 2.15. The van der Waals surface area contributed by atoms with E-state index >= 15 is 0 Å². The number of nitrogens with one attached hydrogen (secondary N) is 1. The summed E-state index contributed by atoms with van der Waals surface area (Å²) in [5, 5.41) is 11.8. The number of aromatic nitrogens is 1. The van der Waals surface area contributed by atoms with Gasteiger partial charge in [0.1, 0.15) is 5.15 Å². The molecule has 1 aromatic heterocycles. The summed E-state index contributed by atoms with van der Waals surface area (Å²) in [5.74, 6) is -0.274. The van der Waals surface area contributed by atoms with Gasteiger partial charge in [-0.1, -0.05) is 18.5 Å². The molecule has 1 unspecified atom stereocenters. The lowest BCUT2D eigenvalue weighted by molar-refractivity contribution is 0.0929. The lowest BCUT2D eigenvalue weighted by atomic mass is 10.1. The zero-order valence-electron chi connectivity index (χ0n) is 9.41. The fourth-order valence-corrected chi connectivity index (χ4v) is 1.90. The molecule has 0 radical (unpaired) electrons. The molecule has 2 N–H and O–H groups in total. The molecule has 0 aliphatic carbocycles. The largest absolute Gasteiger partial charge is 0.396 e. The Labute approximate surface area is 114 Å². The van der Waals surface area contributed by atoms with Crippen LogP contribution in [0.1, 0.15) is 30.1 Å². The number of rotatable bonds is 5. The summed E-state index contributed by atoms with van der Waals surface area (Å²) < 4.78 is 0.697. The zero-order chi connectivity index (χ0) is 12.8. The fraction of sp³-hybridized carbons (Fsp3) is 0.455. The number of halogens is 2. The van der Waals surface area contributed by atoms with Crippen LogP contribution in [0.2, 0.25) is 5.15 Å². The minimum atomic E-state index is -0.274. The summed E-state index contributed by atoms with van der Waals surface area (Å²) >= 11 is 9.09. The highest BCUT2D eigenvalue weighted by atomic mass is 79.9. The van der Waals surface area contributed by atoms with Crippen LogP contribution in [0.3, 0.4) is 0 Å². The Kier molecular flexibility index (Phi) is 5.88. The van der Waals surface area contributed by atoms with Gasteiger partial charge in [-0.3, -0.25) is 4.79 Å². The third kappa shape index (κ3) is 4.26. The predicted octanol–water partition coefficient (Wildman–Crippen LogP) is 2.39. The Bertz CT molecular complexity index is 401. The van der Waals surface area contributed by atoms with Gasteiger partial charge in [-0.15, -0.1) is 0 Å². The van der Waals surface area contributed by atoms with Crippen molar-refractivity contribution in [1.29, 1.82) is 0 Å². The molecule has 0 saturated carbocycles. The van der Waals surface area contributed by atoms with Crippen molar-refractivity contribution >= 4 is 33.4 Å². The molecule has 1 atom stereocenters. The minimum Gasteiger partial charge on any atom is -0.396 e. The summed E-state index contributed by atoms with van der Waals surface area (Å²) in [5.41, 5.74) is 0.331. The molecule has 0 bridgehead atoms. The Balaban J connectivity index is 2.78. The second-order valence-electron chi connectivity index (χ2n) is 3.58. The van der Waals surface area contributed by atoms with Gasteiger partial charge < -0.3 is 10.4 Å². The standard InChI is InChI=1S/C11H14BrClN2O2/c1-2-8(3-4-16)15-11(17)9-5-7(12)6-14-10(9)13/h5-6,8,16H,2-4H2,1H3,(H,15,17). The van der Waals surface area contributed by atoms with E-state index in [1.54, 1.807) is 6.07 Å². The van der Waals surface area contributed by atoms with Gasteiger partial charge in [0.25, 0.3) is 5.91 Å². The molecule has 0 aromatic carbocycles. The van der Waals surface area contributed by atoms with Crippen LogP contribution < -0.4 is 5.32 Å². The first-order valence-electron chi connectivity index (χ1n) is 5.31. The van der Waals surface area contributed by atoms with Crippen LogP contribution in [0.4, 0.5) is 0 Å². The van der Waals surface area contributed by atoms with Crippen molar-refractivity contribution in [2.45, 2.75) is 25.8 Å². The third-order valence-electron chi connectivity index (χ3n) is 2.36. The van der Waals surface area contributed by atoms with Gasteiger partial charge in [0, 0.05) is 23.3 Å². The molecule has 1 heterocycles. The first kappa shape index (κ1) is 14.4. The number of carbonyl (C=O) groups excluding carboxylic acids is 1. The number of pyridine rings is 1. The van der Waals surface area contributed by atoms with E-state index in [1.165, 1.54) is 6.20 Å². The van der Waals surface area contributed by atoms with Crippen molar-refractivity contribution in [2.75, 3.05) is 6.61 Å². The van der Waals surface area contributed by atoms with Gasteiger partial charge in [-0.25, -0.2) is 4.98 Å². The Morgan fingerprint density at radius 3 is 3.00 bits per heavy atom. The molecule has 0 saturated heterocycles. The summed E-state index contributed by atoms with van der Waals surface area (Å²) in [6, 6.07) is 1.57. The molecule has 1 amide bonds. The van der Waals surface area contributed by atoms with Gasteiger partial charge in [-0.05, 0) is 34.8 Å². The van der Waals surface area contributed by atoms with Crippen LogP contribution in [0.15, 0.2) is 16.7 Å². The molecule has 0 aliphatic rings. The van der Waals surface area contributed by atoms with Crippen LogP contribution >= 0.6 is 27.5 Å². The van der Waals surface area contributed by atoms with Gasteiger partial charge >= 0.3 is 0 Å². The maximum absolute atomic E-state index is 11.9. The lowest BCUT2D eigenvalue weighted by Crippen LogP contribution is -2.35. The molecule has 17 heavy (non-hydrogen) atoms. The van der Waals surface area contributed by atoms with Crippen molar-refractivity contribution in [1.82, 2.24) is 10.3 Å².